The molecule has 2 aromatic rings. The standard InChI is InChI=1S/C11H11N3OS2/c1-16-11-13-9(14-17-11)7-12-10(15)8-5-3-2-4-6-8/h2-6H,7H2,1H3,(H,12,15). The second-order valence-electron chi connectivity index (χ2n) is 3.23. The Morgan fingerprint density at radius 2 is 2.18 bits per heavy atom. The summed E-state index contributed by atoms with van der Waals surface area (Å²) in [6.45, 7) is 0.366. The van der Waals surface area contributed by atoms with Gasteiger partial charge in [0.2, 0.25) is 0 Å². The van der Waals surface area contributed by atoms with Gasteiger partial charge in [0.25, 0.3) is 5.91 Å². The van der Waals surface area contributed by atoms with Gasteiger partial charge >= 0.3 is 0 Å². The van der Waals surface area contributed by atoms with Crippen molar-refractivity contribution in [2.45, 2.75) is 10.9 Å². The van der Waals surface area contributed by atoms with E-state index in [1.54, 1.807) is 23.9 Å². The van der Waals surface area contributed by atoms with Crippen LogP contribution in [0.5, 0.6) is 0 Å². The second kappa shape index (κ2) is 5.79. The van der Waals surface area contributed by atoms with Crippen LogP contribution in [0.1, 0.15) is 16.2 Å². The van der Waals surface area contributed by atoms with Gasteiger partial charge in [-0.1, -0.05) is 30.0 Å². The summed E-state index contributed by atoms with van der Waals surface area (Å²) in [6, 6.07) is 9.10. The molecule has 6 heteroatoms. The summed E-state index contributed by atoms with van der Waals surface area (Å²) < 4.78 is 5.06. The monoisotopic (exact) mass is 265 g/mol. The van der Waals surface area contributed by atoms with Gasteiger partial charge in [0.15, 0.2) is 10.2 Å². The van der Waals surface area contributed by atoms with Crippen LogP contribution in [0.4, 0.5) is 0 Å². The molecule has 0 saturated carbocycles. The Labute approximate surface area is 108 Å². The highest BCUT2D eigenvalue weighted by atomic mass is 32.2. The van der Waals surface area contributed by atoms with Crippen LogP contribution in [-0.2, 0) is 6.54 Å². The molecule has 2 rings (SSSR count). The van der Waals surface area contributed by atoms with Gasteiger partial charge in [0.05, 0.1) is 6.54 Å². The number of hydrogen-bond acceptors (Lipinski definition) is 5. The zero-order valence-electron chi connectivity index (χ0n) is 9.21. The minimum atomic E-state index is -0.105. The third-order valence-corrected chi connectivity index (χ3v) is 3.78. The first-order valence-electron chi connectivity index (χ1n) is 4.99. The summed E-state index contributed by atoms with van der Waals surface area (Å²) in [5, 5.41) is 2.79. The topological polar surface area (TPSA) is 54.9 Å². The molecule has 0 aliphatic carbocycles. The van der Waals surface area contributed by atoms with Crippen molar-refractivity contribution in [2.24, 2.45) is 0 Å². The Kier molecular flexibility index (Phi) is 4.11. The lowest BCUT2D eigenvalue weighted by atomic mass is 10.2. The Bertz CT molecular complexity index is 498. The van der Waals surface area contributed by atoms with E-state index in [4.69, 9.17) is 0 Å². The van der Waals surface area contributed by atoms with Gasteiger partial charge in [-0.3, -0.25) is 4.79 Å². The largest absolute Gasteiger partial charge is 0.345 e. The number of aromatic nitrogens is 2. The molecule has 4 nitrogen and oxygen atoms in total. The van der Waals surface area contributed by atoms with Gasteiger partial charge in [-0.05, 0) is 29.9 Å². The predicted molar refractivity (Wildman–Crippen MR) is 69.3 cm³/mol. The van der Waals surface area contributed by atoms with E-state index in [0.29, 0.717) is 17.9 Å². The maximum absolute atomic E-state index is 11.7. The van der Waals surface area contributed by atoms with E-state index >= 15 is 0 Å². The van der Waals surface area contributed by atoms with Crippen LogP contribution in [-0.4, -0.2) is 21.5 Å². The molecule has 1 amide bonds. The third kappa shape index (κ3) is 3.28. The Balaban J connectivity index is 1.92. The van der Waals surface area contributed by atoms with E-state index in [1.165, 1.54) is 11.5 Å². The Morgan fingerprint density at radius 1 is 1.41 bits per heavy atom. The Morgan fingerprint density at radius 3 is 2.82 bits per heavy atom. The summed E-state index contributed by atoms with van der Waals surface area (Å²) >= 11 is 2.90. The van der Waals surface area contributed by atoms with Crippen LogP contribution in [0.25, 0.3) is 0 Å². The number of hydrogen-bond donors (Lipinski definition) is 1. The lowest BCUT2D eigenvalue weighted by molar-refractivity contribution is 0.0950. The molecule has 0 atom stereocenters. The highest BCUT2D eigenvalue weighted by molar-refractivity contribution is 8.00. The fraction of sp³-hybridized carbons (Fsp3) is 0.182. The van der Waals surface area contributed by atoms with Crippen molar-refractivity contribution in [3.8, 4) is 0 Å². The van der Waals surface area contributed by atoms with Gasteiger partial charge in [-0.15, -0.1) is 0 Å². The van der Waals surface area contributed by atoms with E-state index in [-0.39, 0.29) is 5.91 Å². The number of amides is 1. The van der Waals surface area contributed by atoms with E-state index in [0.717, 1.165) is 4.34 Å². The van der Waals surface area contributed by atoms with E-state index in [2.05, 4.69) is 14.7 Å². The van der Waals surface area contributed by atoms with Crippen molar-refractivity contribution in [1.82, 2.24) is 14.7 Å². The van der Waals surface area contributed by atoms with Gasteiger partial charge in [0, 0.05) is 5.56 Å². The summed E-state index contributed by atoms with van der Waals surface area (Å²) in [5.74, 6) is 0.551. The quantitative estimate of drug-likeness (QED) is 0.861. The van der Waals surface area contributed by atoms with E-state index in [1.807, 2.05) is 24.5 Å². The van der Waals surface area contributed by atoms with Crippen LogP contribution in [0, 0.1) is 0 Å². The van der Waals surface area contributed by atoms with E-state index < -0.39 is 0 Å². The number of nitrogens with zero attached hydrogens (tertiary/aromatic N) is 2. The molecule has 17 heavy (non-hydrogen) atoms. The van der Waals surface area contributed by atoms with Gasteiger partial charge in [0.1, 0.15) is 0 Å². The molecule has 1 heterocycles. The number of rotatable bonds is 4. The molecule has 1 N–H and O–H groups in total. The van der Waals surface area contributed by atoms with Crippen molar-refractivity contribution >= 4 is 29.2 Å². The van der Waals surface area contributed by atoms with Crippen molar-refractivity contribution in [2.75, 3.05) is 6.26 Å². The third-order valence-electron chi connectivity index (χ3n) is 2.07. The lowest BCUT2D eigenvalue weighted by Gasteiger charge is -2.01. The normalized spacial score (nSPS) is 10.2. The van der Waals surface area contributed by atoms with Gasteiger partial charge in [-0.25, -0.2) is 4.98 Å². The van der Waals surface area contributed by atoms with Crippen LogP contribution in [0.2, 0.25) is 0 Å². The predicted octanol–water partition coefficient (Wildman–Crippen LogP) is 2.19. The molecule has 0 spiro atoms. The van der Waals surface area contributed by atoms with Crippen LogP contribution in [0.3, 0.4) is 0 Å². The molecule has 0 unspecified atom stereocenters. The van der Waals surface area contributed by atoms with Crippen LogP contribution >= 0.6 is 23.3 Å². The van der Waals surface area contributed by atoms with Crippen molar-refractivity contribution in [3.05, 3.63) is 41.7 Å². The maximum Gasteiger partial charge on any atom is 0.251 e. The number of carbonyl (C=O) groups excluding carboxylic acids is 1. The van der Waals surface area contributed by atoms with Crippen molar-refractivity contribution in [1.29, 1.82) is 0 Å². The first-order chi connectivity index (χ1) is 8.29. The molecule has 88 valence electrons. The highest BCUT2D eigenvalue weighted by Gasteiger charge is 2.07. The summed E-state index contributed by atoms with van der Waals surface area (Å²) in [4.78, 5) is 16.0. The molecule has 0 fully saturated rings. The molecule has 0 saturated heterocycles. The molecule has 0 aliphatic heterocycles. The minimum Gasteiger partial charge on any atom is -0.345 e. The highest BCUT2D eigenvalue weighted by Crippen LogP contribution is 2.16. The van der Waals surface area contributed by atoms with E-state index in [9.17, 15) is 4.79 Å². The molecule has 1 aromatic heterocycles. The molecule has 0 radical (unpaired) electrons. The number of carbonyl (C=O) groups is 1. The maximum atomic E-state index is 11.7. The molecule has 0 bridgehead atoms. The van der Waals surface area contributed by atoms with Crippen LogP contribution < -0.4 is 5.32 Å². The van der Waals surface area contributed by atoms with Gasteiger partial charge < -0.3 is 5.32 Å². The molecule has 0 aliphatic rings. The smallest absolute Gasteiger partial charge is 0.251 e. The average molecular weight is 265 g/mol. The second-order valence-corrected chi connectivity index (χ2v) is 5.03. The summed E-state index contributed by atoms with van der Waals surface area (Å²) in [6.07, 6.45) is 1.95. The fourth-order valence-electron chi connectivity index (χ4n) is 1.24. The number of benzene rings is 1. The molecule has 1 aromatic carbocycles. The van der Waals surface area contributed by atoms with Crippen molar-refractivity contribution in [3.63, 3.8) is 0 Å². The fourth-order valence-corrected chi connectivity index (χ4v) is 2.29. The first-order valence-corrected chi connectivity index (χ1v) is 6.99. The average Bonchev–Trinajstić information content (AvgIpc) is 2.85. The SMILES string of the molecule is CSc1nc(CNC(=O)c2ccccc2)ns1. The summed E-state index contributed by atoms with van der Waals surface area (Å²) in [5.41, 5.74) is 0.646. The van der Waals surface area contributed by atoms with Crippen molar-refractivity contribution < 1.29 is 4.79 Å². The van der Waals surface area contributed by atoms with Crippen LogP contribution in [0.15, 0.2) is 34.7 Å². The Hall–Kier alpha value is -1.40. The zero-order chi connectivity index (χ0) is 12.1. The molecular weight excluding hydrogens is 254 g/mol. The molecular formula is C11H11N3OS2. The zero-order valence-corrected chi connectivity index (χ0v) is 10.8. The number of nitrogens with one attached hydrogen (secondary N) is 1. The summed E-state index contributed by atoms with van der Waals surface area (Å²) in [7, 11) is 0. The first kappa shape index (κ1) is 12.1. The van der Waals surface area contributed by atoms with Gasteiger partial charge in [-0.2, -0.15) is 4.37 Å². The number of thioether (sulfide) groups is 1. The minimum absolute atomic E-state index is 0.105. The lowest BCUT2D eigenvalue weighted by Crippen LogP contribution is -2.23.